The van der Waals surface area contributed by atoms with Gasteiger partial charge in [0.25, 0.3) is 5.91 Å². The van der Waals surface area contributed by atoms with Gasteiger partial charge in [0.1, 0.15) is 5.82 Å². The van der Waals surface area contributed by atoms with Gasteiger partial charge in [-0.05, 0) is 42.8 Å². The number of fused-ring (bicyclic) bond motifs is 1. The molecule has 0 aliphatic heterocycles. The quantitative estimate of drug-likeness (QED) is 0.790. The van der Waals surface area contributed by atoms with E-state index >= 15 is 0 Å². The second kappa shape index (κ2) is 5.39. The van der Waals surface area contributed by atoms with E-state index in [0.717, 1.165) is 16.6 Å². The summed E-state index contributed by atoms with van der Waals surface area (Å²) in [5.41, 5.74) is 3.03. The molecule has 0 saturated heterocycles. The molecule has 0 radical (unpaired) electrons. The smallest absolute Gasteiger partial charge is 0.322 e. The average Bonchev–Trinajstić information content (AvgIpc) is 2.72. The maximum Gasteiger partial charge on any atom is 0.328 e. The molecule has 6 heteroatoms. The molecule has 1 N–H and O–H groups in total. The van der Waals surface area contributed by atoms with Gasteiger partial charge in [0.05, 0.1) is 11.0 Å². The summed E-state index contributed by atoms with van der Waals surface area (Å²) >= 11 is 0. The Morgan fingerprint density at radius 1 is 1.09 bits per heavy atom. The minimum atomic E-state index is -0.463. The molecule has 23 heavy (non-hydrogen) atoms. The molecule has 0 bridgehead atoms. The lowest BCUT2D eigenvalue weighted by atomic mass is 10.1. The van der Waals surface area contributed by atoms with E-state index in [0.29, 0.717) is 5.69 Å². The third kappa shape index (κ3) is 2.52. The van der Waals surface area contributed by atoms with Crippen molar-refractivity contribution in [3.8, 4) is 0 Å². The predicted octanol–water partition coefficient (Wildman–Crippen LogP) is 2.58. The number of halogens is 1. The Bertz CT molecular complexity index is 985. The zero-order valence-corrected chi connectivity index (χ0v) is 13.1. The van der Waals surface area contributed by atoms with Crippen molar-refractivity contribution in [1.29, 1.82) is 0 Å². The number of carbonyl (C=O) groups excluding carboxylic acids is 1. The van der Waals surface area contributed by atoms with Crippen molar-refractivity contribution < 1.29 is 9.18 Å². The Hall–Kier alpha value is -2.89. The third-order valence-electron chi connectivity index (χ3n) is 3.95. The summed E-state index contributed by atoms with van der Waals surface area (Å²) in [5, 5.41) is 2.77. The fourth-order valence-corrected chi connectivity index (χ4v) is 2.61. The Morgan fingerprint density at radius 2 is 1.74 bits per heavy atom. The Labute approximate surface area is 132 Å². The van der Waals surface area contributed by atoms with Crippen molar-refractivity contribution in [3.05, 3.63) is 63.8 Å². The van der Waals surface area contributed by atoms with Crippen LogP contribution in [0.4, 0.5) is 10.1 Å². The molecule has 1 amide bonds. The van der Waals surface area contributed by atoms with E-state index in [1.165, 1.54) is 22.8 Å². The SMILES string of the molecule is Cc1cc2c(cc1NC(=O)c1cccc(F)c1)n(C)c(=O)n2C. The fraction of sp³-hybridized carbons (Fsp3) is 0.176. The minimum absolute atomic E-state index is 0.131. The Morgan fingerprint density at radius 3 is 2.39 bits per heavy atom. The van der Waals surface area contributed by atoms with E-state index < -0.39 is 11.7 Å². The lowest BCUT2D eigenvalue weighted by Gasteiger charge is -2.09. The largest absolute Gasteiger partial charge is 0.328 e. The highest BCUT2D eigenvalue weighted by Crippen LogP contribution is 2.23. The van der Waals surface area contributed by atoms with E-state index in [1.54, 1.807) is 30.8 Å². The van der Waals surface area contributed by atoms with Crippen molar-refractivity contribution >= 4 is 22.6 Å². The molecule has 118 valence electrons. The summed E-state index contributed by atoms with van der Waals surface area (Å²) in [4.78, 5) is 24.2. The van der Waals surface area contributed by atoms with Crippen molar-refractivity contribution in [1.82, 2.24) is 9.13 Å². The van der Waals surface area contributed by atoms with Crippen LogP contribution in [0.5, 0.6) is 0 Å². The van der Waals surface area contributed by atoms with E-state index in [2.05, 4.69) is 5.32 Å². The van der Waals surface area contributed by atoms with Gasteiger partial charge in [0, 0.05) is 25.3 Å². The van der Waals surface area contributed by atoms with Crippen LogP contribution in [0.15, 0.2) is 41.2 Å². The fourth-order valence-electron chi connectivity index (χ4n) is 2.61. The second-order valence-corrected chi connectivity index (χ2v) is 5.52. The van der Waals surface area contributed by atoms with Gasteiger partial charge in [-0.2, -0.15) is 0 Å². The van der Waals surface area contributed by atoms with E-state index in [-0.39, 0.29) is 11.3 Å². The summed E-state index contributed by atoms with van der Waals surface area (Å²) in [5.74, 6) is -0.858. The van der Waals surface area contributed by atoms with Crippen LogP contribution in [-0.4, -0.2) is 15.0 Å². The summed E-state index contributed by atoms with van der Waals surface area (Å²) in [6.45, 7) is 1.85. The van der Waals surface area contributed by atoms with Gasteiger partial charge in [0.2, 0.25) is 0 Å². The summed E-state index contributed by atoms with van der Waals surface area (Å²) in [7, 11) is 3.38. The van der Waals surface area contributed by atoms with Gasteiger partial charge in [-0.1, -0.05) is 6.07 Å². The first-order chi connectivity index (χ1) is 10.9. The second-order valence-electron chi connectivity index (χ2n) is 5.52. The molecule has 2 aromatic carbocycles. The highest BCUT2D eigenvalue weighted by atomic mass is 19.1. The number of aryl methyl sites for hydroxylation is 3. The molecule has 0 spiro atoms. The monoisotopic (exact) mass is 313 g/mol. The molecule has 0 aliphatic rings. The highest BCUT2D eigenvalue weighted by Gasteiger charge is 2.13. The molecule has 0 unspecified atom stereocenters. The molecule has 0 fully saturated rings. The van der Waals surface area contributed by atoms with Gasteiger partial charge in [-0.15, -0.1) is 0 Å². The number of hydrogen-bond acceptors (Lipinski definition) is 2. The summed E-state index contributed by atoms with van der Waals surface area (Å²) in [6, 6.07) is 9.10. The molecule has 0 aliphatic carbocycles. The Balaban J connectivity index is 2.03. The summed E-state index contributed by atoms with van der Waals surface area (Å²) in [6.07, 6.45) is 0. The average molecular weight is 313 g/mol. The third-order valence-corrected chi connectivity index (χ3v) is 3.95. The zero-order valence-electron chi connectivity index (χ0n) is 13.1. The van der Waals surface area contributed by atoms with Crippen LogP contribution >= 0.6 is 0 Å². The van der Waals surface area contributed by atoms with Crippen molar-refractivity contribution in [3.63, 3.8) is 0 Å². The van der Waals surface area contributed by atoms with Gasteiger partial charge in [0.15, 0.2) is 0 Å². The summed E-state index contributed by atoms with van der Waals surface area (Å²) < 4.78 is 16.3. The lowest BCUT2D eigenvalue weighted by molar-refractivity contribution is 0.102. The molecule has 0 atom stereocenters. The van der Waals surface area contributed by atoms with Crippen LogP contribution < -0.4 is 11.0 Å². The van der Waals surface area contributed by atoms with E-state index in [4.69, 9.17) is 0 Å². The van der Waals surface area contributed by atoms with Gasteiger partial charge in [-0.3, -0.25) is 13.9 Å². The van der Waals surface area contributed by atoms with Crippen molar-refractivity contribution in [2.45, 2.75) is 6.92 Å². The molecular formula is C17H16FN3O2. The number of nitrogens with zero attached hydrogens (tertiary/aromatic N) is 2. The molecule has 5 nitrogen and oxygen atoms in total. The standard InChI is InChI=1S/C17H16FN3O2/c1-10-7-14-15(21(3)17(23)20(14)2)9-13(10)19-16(22)11-5-4-6-12(18)8-11/h4-9H,1-3H3,(H,19,22). The number of imidazole rings is 1. The number of carbonyl (C=O) groups is 1. The molecule has 3 rings (SSSR count). The lowest BCUT2D eigenvalue weighted by Crippen LogP contribution is -2.19. The zero-order chi connectivity index (χ0) is 16.7. The molecule has 1 heterocycles. The number of aromatic nitrogens is 2. The predicted molar refractivity (Wildman–Crippen MR) is 87.3 cm³/mol. The van der Waals surface area contributed by atoms with Gasteiger partial charge < -0.3 is 5.32 Å². The van der Waals surface area contributed by atoms with Crippen LogP contribution in [0.2, 0.25) is 0 Å². The van der Waals surface area contributed by atoms with Crippen molar-refractivity contribution in [2.75, 3.05) is 5.32 Å². The van der Waals surface area contributed by atoms with E-state index in [9.17, 15) is 14.0 Å². The van der Waals surface area contributed by atoms with E-state index in [1.807, 2.05) is 13.0 Å². The minimum Gasteiger partial charge on any atom is -0.322 e. The van der Waals surface area contributed by atoms with Crippen LogP contribution in [-0.2, 0) is 14.1 Å². The van der Waals surface area contributed by atoms with Crippen LogP contribution in [0.1, 0.15) is 15.9 Å². The van der Waals surface area contributed by atoms with Gasteiger partial charge >= 0.3 is 5.69 Å². The number of hydrogen-bond donors (Lipinski definition) is 1. The Kier molecular flexibility index (Phi) is 3.52. The number of anilines is 1. The molecule has 0 saturated carbocycles. The first-order valence-corrected chi connectivity index (χ1v) is 7.11. The molecule has 3 aromatic rings. The molecule has 1 aromatic heterocycles. The normalized spacial score (nSPS) is 11.0. The number of benzene rings is 2. The maximum absolute atomic E-state index is 13.2. The van der Waals surface area contributed by atoms with Crippen LogP contribution in [0.25, 0.3) is 11.0 Å². The van der Waals surface area contributed by atoms with Crippen LogP contribution in [0, 0.1) is 12.7 Å². The number of amides is 1. The van der Waals surface area contributed by atoms with Crippen molar-refractivity contribution in [2.24, 2.45) is 14.1 Å². The van der Waals surface area contributed by atoms with Crippen LogP contribution in [0.3, 0.4) is 0 Å². The van der Waals surface area contributed by atoms with Gasteiger partial charge in [-0.25, -0.2) is 9.18 Å². The first kappa shape index (κ1) is 15.0. The first-order valence-electron chi connectivity index (χ1n) is 7.11. The topological polar surface area (TPSA) is 56.0 Å². The number of rotatable bonds is 2. The highest BCUT2D eigenvalue weighted by molar-refractivity contribution is 6.05. The maximum atomic E-state index is 13.2. The number of nitrogens with one attached hydrogen (secondary N) is 1. The molecular weight excluding hydrogens is 297 g/mol.